The maximum atomic E-state index is 6.17. The van der Waals surface area contributed by atoms with E-state index in [9.17, 15) is 0 Å². The number of thioether (sulfide) groups is 1. The Hall–Kier alpha value is -1.09. The van der Waals surface area contributed by atoms with E-state index in [1.54, 1.807) is 0 Å². The molecule has 0 radical (unpaired) electrons. The van der Waals surface area contributed by atoms with Crippen LogP contribution in [0.2, 0.25) is 0 Å². The standard InChI is InChI=1S/C22H34O2S/c1-3-4-5-6-16-23-21-14-12-20(13-15-21)22(19-10-9-11-19)24-17-7-8-18-25-2/h12-15H,3-11,16-18H2,1-2H3. The molecule has 0 atom stereocenters. The van der Waals surface area contributed by atoms with Crippen LogP contribution in [0, 0.1) is 0 Å². The zero-order valence-corrected chi connectivity index (χ0v) is 16.8. The molecule has 3 heteroatoms. The summed E-state index contributed by atoms with van der Waals surface area (Å²) in [5.74, 6) is 3.32. The molecule has 0 aromatic heterocycles. The van der Waals surface area contributed by atoms with Crippen LogP contribution in [0.5, 0.6) is 5.75 Å². The summed E-state index contributed by atoms with van der Waals surface area (Å²) in [7, 11) is 0. The number of ether oxygens (including phenoxy) is 2. The lowest BCUT2D eigenvalue weighted by Crippen LogP contribution is -2.06. The molecule has 1 aliphatic rings. The third-order valence-corrected chi connectivity index (χ3v) is 5.35. The quantitative estimate of drug-likeness (QED) is 0.287. The molecule has 0 aliphatic heterocycles. The van der Waals surface area contributed by atoms with Gasteiger partial charge in [0.15, 0.2) is 0 Å². The first-order valence-electron chi connectivity index (χ1n) is 9.92. The molecule has 0 bridgehead atoms. The monoisotopic (exact) mass is 362 g/mol. The Labute approximate surface area is 158 Å². The van der Waals surface area contributed by atoms with Crippen LogP contribution in [0.1, 0.15) is 70.3 Å². The Kier molecular flexibility index (Phi) is 9.95. The van der Waals surface area contributed by atoms with Gasteiger partial charge in [-0.2, -0.15) is 11.8 Å². The third kappa shape index (κ3) is 7.35. The zero-order valence-electron chi connectivity index (χ0n) is 16.0. The van der Waals surface area contributed by atoms with Crippen molar-refractivity contribution in [3.05, 3.63) is 35.4 Å². The molecule has 0 spiro atoms. The van der Waals surface area contributed by atoms with Crippen molar-refractivity contribution in [2.75, 3.05) is 25.2 Å². The normalized spacial score (nSPS) is 13.4. The zero-order chi connectivity index (χ0) is 17.7. The van der Waals surface area contributed by atoms with Gasteiger partial charge in [-0.15, -0.1) is 0 Å². The smallest absolute Gasteiger partial charge is 0.125 e. The molecule has 2 rings (SSSR count). The predicted octanol–water partition coefficient (Wildman–Crippen LogP) is 6.70. The molecular weight excluding hydrogens is 328 g/mol. The molecule has 1 fully saturated rings. The van der Waals surface area contributed by atoms with Crippen LogP contribution >= 0.6 is 11.8 Å². The summed E-state index contributed by atoms with van der Waals surface area (Å²) >= 11 is 1.91. The van der Waals surface area contributed by atoms with Crippen molar-refractivity contribution in [1.29, 1.82) is 0 Å². The molecule has 25 heavy (non-hydrogen) atoms. The molecule has 0 saturated heterocycles. The summed E-state index contributed by atoms with van der Waals surface area (Å²) in [6.45, 7) is 3.88. The van der Waals surface area contributed by atoms with Gasteiger partial charge < -0.3 is 9.47 Å². The molecule has 0 unspecified atom stereocenters. The van der Waals surface area contributed by atoms with E-state index in [0.29, 0.717) is 0 Å². The van der Waals surface area contributed by atoms with Gasteiger partial charge in [-0.05, 0) is 80.4 Å². The summed E-state index contributed by atoms with van der Waals surface area (Å²) in [6.07, 6.45) is 13.2. The van der Waals surface area contributed by atoms with Gasteiger partial charge in [-0.3, -0.25) is 0 Å². The second kappa shape index (κ2) is 12.3. The Balaban J connectivity index is 1.83. The molecular formula is C22H34O2S. The molecule has 140 valence electrons. The fraction of sp³-hybridized carbons (Fsp3) is 0.636. The van der Waals surface area contributed by atoms with Crippen molar-refractivity contribution in [2.24, 2.45) is 0 Å². The third-order valence-electron chi connectivity index (χ3n) is 4.65. The van der Waals surface area contributed by atoms with Gasteiger partial charge in [-0.1, -0.05) is 26.2 Å². The van der Waals surface area contributed by atoms with Crippen molar-refractivity contribution in [2.45, 2.75) is 64.7 Å². The summed E-state index contributed by atoms with van der Waals surface area (Å²) in [5, 5.41) is 0. The van der Waals surface area contributed by atoms with Gasteiger partial charge in [0.2, 0.25) is 0 Å². The summed E-state index contributed by atoms with van der Waals surface area (Å²) < 4.78 is 12.0. The molecule has 0 N–H and O–H groups in total. The lowest BCUT2D eigenvalue weighted by atomic mass is 9.89. The predicted molar refractivity (Wildman–Crippen MR) is 110 cm³/mol. The number of rotatable bonds is 13. The molecule has 0 amide bonds. The van der Waals surface area contributed by atoms with E-state index in [0.717, 1.165) is 37.6 Å². The van der Waals surface area contributed by atoms with Crippen molar-refractivity contribution < 1.29 is 9.47 Å². The molecule has 1 saturated carbocycles. The number of hydrogen-bond acceptors (Lipinski definition) is 3. The van der Waals surface area contributed by atoms with Gasteiger partial charge in [0.1, 0.15) is 11.5 Å². The van der Waals surface area contributed by atoms with Gasteiger partial charge in [0.25, 0.3) is 0 Å². The van der Waals surface area contributed by atoms with Crippen molar-refractivity contribution in [3.63, 3.8) is 0 Å². The highest BCUT2D eigenvalue weighted by Crippen LogP contribution is 2.34. The van der Waals surface area contributed by atoms with Gasteiger partial charge >= 0.3 is 0 Å². The molecule has 1 aromatic carbocycles. The van der Waals surface area contributed by atoms with E-state index >= 15 is 0 Å². The first kappa shape index (κ1) is 20.2. The number of unbranched alkanes of at least 4 members (excludes halogenated alkanes) is 4. The summed E-state index contributed by atoms with van der Waals surface area (Å²) in [4.78, 5) is 0. The minimum Gasteiger partial charge on any atom is -0.494 e. The first-order valence-corrected chi connectivity index (χ1v) is 11.3. The Morgan fingerprint density at radius 2 is 1.72 bits per heavy atom. The number of allylic oxidation sites excluding steroid dienone is 1. The highest BCUT2D eigenvalue weighted by Gasteiger charge is 2.17. The minimum atomic E-state index is 0.819. The molecule has 2 nitrogen and oxygen atoms in total. The Morgan fingerprint density at radius 3 is 2.36 bits per heavy atom. The van der Waals surface area contributed by atoms with E-state index in [-0.39, 0.29) is 0 Å². The van der Waals surface area contributed by atoms with Crippen LogP contribution in [0.25, 0.3) is 5.76 Å². The largest absolute Gasteiger partial charge is 0.494 e. The van der Waals surface area contributed by atoms with Crippen LogP contribution < -0.4 is 4.74 Å². The van der Waals surface area contributed by atoms with Gasteiger partial charge in [0.05, 0.1) is 13.2 Å². The summed E-state index contributed by atoms with van der Waals surface area (Å²) in [6, 6.07) is 8.49. The molecule has 0 heterocycles. The van der Waals surface area contributed by atoms with Crippen LogP contribution in [0.4, 0.5) is 0 Å². The Bertz CT molecular complexity index is 501. The highest BCUT2D eigenvalue weighted by molar-refractivity contribution is 7.98. The van der Waals surface area contributed by atoms with Crippen molar-refractivity contribution >= 4 is 17.5 Å². The molecule has 1 aromatic rings. The summed E-state index contributed by atoms with van der Waals surface area (Å²) in [5.41, 5.74) is 2.69. The minimum absolute atomic E-state index is 0.819. The average molecular weight is 363 g/mol. The van der Waals surface area contributed by atoms with Crippen LogP contribution in [-0.4, -0.2) is 25.2 Å². The van der Waals surface area contributed by atoms with Crippen molar-refractivity contribution in [1.82, 2.24) is 0 Å². The van der Waals surface area contributed by atoms with Crippen LogP contribution in [-0.2, 0) is 4.74 Å². The van der Waals surface area contributed by atoms with E-state index in [1.807, 2.05) is 11.8 Å². The van der Waals surface area contributed by atoms with Crippen LogP contribution in [0.15, 0.2) is 29.8 Å². The average Bonchev–Trinajstić information content (AvgIpc) is 2.59. The topological polar surface area (TPSA) is 18.5 Å². The van der Waals surface area contributed by atoms with Gasteiger partial charge in [0, 0.05) is 5.56 Å². The second-order valence-electron chi connectivity index (χ2n) is 6.77. The van der Waals surface area contributed by atoms with Gasteiger partial charge in [-0.25, -0.2) is 0 Å². The maximum Gasteiger partial charge on any atom is 0.125 e. The lowest BCUT2D eigenvalue weighted by Gasteiger charge is -2.23. The SMILES string of the molecule is CCCCCCOc1ccc(C(OCCCCSC)=C2CCC2)cc1. The van der Waals surface area contributed by atoms with Crippen molar-refractivity contribution in [3.8, 4) is 5.75 Å². The fourth-order valence-corrected chi connectivity index (χ4v) is 3.41. The van der Waals surface area contributed by atoms with E-state index in [4.69, 9.17) is 9.47 Å². The maximum absolute atomic E-state index is 6.17. The van der Waals surface area contributed by atoms with Crippen LogP contribution in [0.3, 0.4) is 0 Å². The second-order valence-corrected chi connectivity index (χ2v) is 7.75. The molecule has 1 aliphatic carbocycles. The fourth-order valence-electron chi connectivity index (χ4n) is 2.91. The van der Waals surface area contributed by atoms with E-state index in [1.165, 1.54) is 61.8 Å². The first-order chi connectivity index (χ1) is 12.3. The Morgan fingerprint density at radius 1 is 0.960 bits per heavy atom. The number of hydrogen-bond donors (Lipinski definition) is 0. The van der Waals surface area contributed by atoms with E-state index in [2.05, 4.69) is 37.4 Å². The lowest BCUT2D eigenvalue weighted by molar-refractivity contribution is 0.264. The van der Waals surface area contributed by atoms with E-state index < -0.39 is 0 Å². The number of benzene rings is 1. The highest BCUT2D eigenvalue weighted by atomic mass is 32.2.